The van der Waals surface area contributed by atoms with E-state index in [1.807, 2.05) is 31.6 Å². The molecule has 1 N–H and O–H groups in total. The Balaban J connectivity index is 1.46. The number of thiazole rings is 1. The lowest BCUT2D eigenvalue weighted by atomic mass is 9.95. The predicted molar refractivity (Wildman–Crippen MR) is 136 cm³/mol. The van der Waals surface area contributed by atoms with Gasteiger partial charge in [-0.15, -0.1) is 11.3 Å². The molecule has 0 amide bonds. The zero-order valence-corrected chi connectivity index (χ0v) is 20.4. The van der Waals surface area contributed by atoms with Gasteiger partial charge >= 0.3 is 0 Å². The highest BCUT2D eigenvalue weighted by atomic mass is 32.1. The van der Waals surface area contributed by atoms with Crippen molar-refractivity contribution in [2.75, 3.05) is 25.5 Å². The van der Waals surface area contributed by atoms with Gasteiger partial charge in [0.2, 0.25) is 0 Å². The van der Waals surface area contributed by atoms with Crippen molar-refractivity contribution in [2.24, 2.45) is 13.0 Å². The van der Waals surface area contributed by atoms with Crippen LogP contribution < -0.4 is 10.1 Å². The number of anilines is 2. The minimum atomic E-state index is -0.350. The zero-order chi connectivity index (χ0) is 24.1. The summed E-state index contributed by atoms with van der Waals surface area (Å²) < 4.78 is 24.0. The van der Waals surface area contributed by atoms with Gasteiger partial charge in [0, 0.05) is 37.8 Å². The van der Waals surface area contributed by atoms with Crippen molar-refractivity contribution in [1.29, 1.82) is 0 Å². The third-order valence-corrected chi connectivity index (χ3v) is 7.34. The van der Waals surface area contributed by atoms with Crippen LogP contribution in [0.15, 0.2) is 48.5 Å². The number of halogens is 1. The molecule has 6 rings (SSSR count). The number of ether oxygens (including phenoxy) is 1. The smallest absolute Gasteiger partial charge is 0.166 e. The average molecular weight is 490 g/mol. The largest absolute Gasteiger partial charge is 0.489 e. The lowest BCUT2D eigenvalue weighted by Gasteiger charge is -2.39. The topological polar surface area (TPSA) is 81.0 Å². The fraction of sp³-hybridized carbons (Fsp3) is 0.280. The van der Waals surface area contributed by atoms with Crippen molar-refractivity contribution >= 4 is 44.0 Å². The first-order valence-electron chi connectivity index (χ1n) is 11.4. The average Bonchev–Trinajstić information content (AvgIpc) is 3.48. The Morgan fingerprint density at radius 1 is 1.11 bits per heavy atom. The summed E-state index contributed by atoms with van der Waals surface area (Å²) in [5.41, 5.74) is 5.22. The minimum absolute atomic E-state index is 0.00289. The summed E-state index contributed by atoms with van der Waals surface area (Å²) in [4.78, 5) is 15.5. The molecule has 0 bridgehead atoms. The molecule has 0 unspecified atom stereocenters. The number of likely N-dealkylation sites (tertiary alicyclic amines) is 1. The van der Waals surface area contributed by atoms with Crippen LogP contribution in [0.5, 0.6) is 5.75 Å². The van der Waals surface area contributed by atoms with Crippen molar-refractivity contribution in [1.82, 2.24) is 29.6 Å². The second-order valence-electron chi connectivity index (χ2n) is 9.05. The summed E-state index contributed by atoms with van der Waals surface area (Å²) in [6, 6.07) is 7.46. The fourth-order valence-corrected chi connectivity index (χ4v) is 5.27. The van der Waals surface area contributed by atoms with E-state index in [0.29, 0.717) is 44.3 Å². The van der Waals surface area contributed by atoms with E-state index in [0.717, 1.165) is 24.2 Å². The van der Waals surface area contributed by atoms with Gasteiger partial charge < -0.3 is 15.0 Å². The Morgan fingerprint density at radius 3 is 2.74 bits per heavy atom. The van der Waals surface area contributed by atoms with Crippen LogP contribution in [0.2, 0.25) is 0 Å². The monoisotopic (exact) mass is 489 g/mol. The molecule has 3 aromatic heterocycles. The van der Waals surface area contributed by atoms with Crippen LogP contribution in [0.25, 0.3) is 32.2 Å². The molecule has 8 nitrogen and oxygen atoms in total. The molecule has 10 heteroatoms. The summed E-state index contributed by atoms with van der Waals surface area (Å²) >= 11 is 1.27. The molecule has 35 heavy (non-hydrogen) atoms. The lowest BCUT2D eigenvalue weighted by Crippen LogP contribution is -2.50. The van der Waals surface area contributed by atoms with Gasteiger partial charge in [-0.05, 0) is 43.8 Å². The highest BCUT2D eigenvalue weighted by molar-refractivity contribution is 7.16. The molecule has 1 aliphatic heterocycles. The number of aromatic nitrogens is 5. The third kappa shape index (κ3) is 3.98. The maximum atomic E-state index is 15.2. The molecule has 1 saturated heterocycles. The van der Waals surface area contributed by atoms with Gasteiger partial charge in [-0.1, -0.05) is 0 Å². The van der Waals surface area contributed by atoms with E-state index in [4.69, 9.17) is 4.74 Å². The first kappa shape index (κ1) is 21.9. The molecule has 1 atom stereocenters. The van der Waals surface area contributed by atoms with Crippen LogP contribution in [-0.2, 0) is 7.05 Å². The van der Waals surface area contributed by atoms with Crippen molar-refractivity contribution in [3.63, 3.8) is 0 Å². The number of nitrogens with zero attached hydrogens (tertiary/aromatic N) is 6. The molecule has 2 aromatic carbocycles. The molecule has 178 valence electrons. The van der Waals surface area contributed by atoms with Crippen molar-refractivity contribution in [3.8, 4) is 16.9 Å². The van der Waals surface area contributed by atoms with Gasteiger partial charge in [-0.2, -0.15) is 5.10 Å². The van der Waals surface area contributed by atoms with E-state index < -0.39 is 0 Å². The Kier molecular flexibility index (Phi) is 5.34. The van der Waals surface area contributed by atoms with E-state index in [9.17, 15) is 0 Å². The maximum absolute atomic E-state index is 15.2. The van der Waals surface area contributed by atoms with Gasteiger partial charge in [-0.3, -0.25) is 4.68 Å². The Labute approximate surface area is 205 Å². The van der Waals surface area contributed by atoms with E-state index in [1.54, 1.807) is 22.3 Å². The van der Waals surface area contributed by atoms with Gasteiger partial charge in [0.1, 0.15) is 24.0 Å². The number of fused-ring (bicyclic) bond motifs is 2. The number of rotatable bonds is 6. The van der Waals surface area contributed by atoms with Crippen LogP contribution in [0.3, 0.4) is 0 Å². The number of nitrogens with one attached hydrogen (secondary N) is 1. The quantitative estimate of drug-likeness (QED) is 0.365. The fourth-order valence-electron chi connectivity index (χ4n) is 4.54. The summed E-state index contributed by atoms with van der Waals surface area (Å²) in [5, 5.41) is 8.20. The molecular formula is C25H24FN7OS. The first-order valence-corrected chi connectivity index (χ1v) is 12.3. The summed E-state index contributed by atoms with van der Waals surface area (Å²) in [7, 11) is 3.99. The van der Waals surface area contributed by atoms with Gasteiger partial charge in [0.15, 0.2) is 5.82 Å². The van der Waals surface area contributed by atoms with Gasteiger partial charge in [0.05, 0.1) is 38.5 Å². The number of hydrogen-bond acceptors (Lipinski definition) is 8. The molecule has 5 aromatic rings. The van der Waals surface area contributed by atoms with Gasteiger partial charge in [-0.25, -0.2) is 19.3 Å². The van der Waals surface area contributed by atoms with Crippen LogP contribution in [0.1, 0.15) is 6.92 Å². The van der Waals surface area contributed by atoms with Crippen molar-refractivity contribution in [3.05, 3.63) is 54.3 Å². The highest BCUT2D eigenvalue weighted by Crippen LogP contribution is 2.38. The summed E-state index contributed by atoms with van der Waals surface area (Å²) in [5.74, 6) is 1.23. The van der Waals surface area contributed by atoms with E-state index in [1.165, 1.54) is 17.7 Å². The van der Waals surface area contributed by atoms with Crippen LogP contribution >= 0.6 is 11.3 Å². The van der Waals surface area contributed by atoms with Crippen LogP contribution in [-0.4, -0.2) is 55.9 Å². The van der Waals surface area contributed by atoms with E-state index in [-0.39, 0.29) is 11.9 Å². The molecule has 1 aliphatic rings. The number of hydrogen-bond donors (Lipinski definition) is 1. The molecule has 0 aliphatic carbocycles. The molecule has 0 radical (unpaired) electrons. The van der Waals surface area contributed by atoms with Gasteiger partial charge in [0.25, 0.3) is 0 Å². The molecular weight excluding hydrogens is 465 g/mol. The number of benzene rings is 2. The standard InChI is InChI=1S/C25H24FN7OS/c1-14(17-9-32(2)10-17)34-21-7-15(16-8-30-33(3)11-16)6-20-22(21)25(28-12-27-20)31-18-4-5-19-24(23(18)26)35-13-29-19/h4-8,11-14,17H,9-10H2,1-3H3,(H,27,28,31)/t14-/m1/s1. The summed E-state index contributed by atoms with van der Waals surface area (Å²) in [6.45, 7) is 4.07. The van der Waals surface area contributed by atoms with E-state index >= 15 is 4.39 Å². The Morgan fingerprint density at radius 2 is 1.97 bits per heavy atom. The van der Waals surface area contributed by atoms with Crippen LogP contribution in [0, 0.1) is 11.7 Å². The van der Waals surface area contributed by atoms with E-state index in [2.05, 4.69) is 44.2 Å². The second-order valence-corrected chi connectivity index (χ2v) is 9.91. The highest BCUT2D eigenvalue weighted by Gasteiger charge is 2.30. The Hall–Kier alpha value is -3.63. The molecule has 0 saturated carbocycles. The minimum Gasteiger partial charge on any atom is -0.489 e. The zero-order valence-electron chi connectivity index (χ0n) is 19.6. The first-order chi connectivity index (χ1) is 17.0. The third-order valence-electron chi connectivity index (χ3n) is 6.50. The van der Waals surface area contributed by atoms with Crippen molar-refractivity contribution in [2.45, 2.75) is 13.0 Å². The predicted octanol–water partition coefficient (Wildman–Crippen LogP) is 4.85. The SMILES string of the molecule is C[C@@H](Oc1cc(-c2cnn(C)c2)cc2ncnc(Nc3ccc4ncsc4c3F)c12)C1CN(C)C1. The molecule has 4 heterocycles. The summed E-state index contributed by atoms with van der Waals surface area (Å²) in [6.07, 6.45) is 5.25. The molecule has 0 spiro atoms. The second kappa shape index (κ2) is 8.54. The Bertz CT molecular complexity index is 1540. The molecule has 1 fully saturated rings. The maximum Gasteiger partial charge on any atom is 0.166 e. The van der Waals surface area contributed by atoms with Crippen LogP contribution in [0.4, 0.5) is 15.9 Å². The normalized spacial score (nSPS) is 15.4. The lowest BCUT2D eigenvalue weighted by molar-refractivity contribution is 0.0358. The number of aryl methyl sites for hydroxylation is 1. The van der Waals surface area contributed by atoms with Crippen molar-refractivity contribution < 1.29 is 9.13 Å².